The maximum atomic E-state index is 16.0. The molecule has 0 saturated carbocycles. The predicted molar refractivity (Wildman–Crippen MR) is 249 cm³/mol. The SMILES string of the molecule is NC(c1nnc(-c2cc3c(cc2F)S(=O)(=O)C(COC(=O)N2CCC(c4nnc(-c5cc6c(cc5F)S(=O)(=O)C[C@H](N)C(=O)N6Cc5ccc(Cl)cc5)o4)C2)[C@H](N)C(=O)N3Cc2ccc(OC(F)(F)F)cc2)o1)C(F)(F)F. The van der Waals surface area contributed by atoms with Crippen LogP contribution in [0.25, 0.3) is 22.9 Å². The number of fused-ring (bicyclic) bond motifs is 2. The molecule has 2 aromatic heterocycles. The topological polar surface area (TPSA) is 304 Å². The van der Waals surface area contributed by atoms with Crippen molar-refractivity contribution in [1.82, 2.24) is 25.3 Å². The summed E-state index contributed by atoms with van der Waals surface area (Å²) in [6.45, 7) is -2.31. The summed E-state index contributed by atoms with van der Waals surface area (Å²) in [5.74, 6) is -9.56. The molecule has 3 aliphatic heterocycles. The number of halogens is 9. The van der Waals surface area contributed by atoms with Crippen LogP contribution in [0.2, 0.25) is 5.02 Å². The average molecular weight is 1150 g/mol. The van der Waals surface area contributed by atoms with Crippen LogP contribution < -0.4 is 31.7 Å². The van der Waals surface area contributed by atoms with E-state index < -0.39 is 160 Å². The van der Waals surface area contributed by atoms with Crippen LogP contribution in [0.5, 0.6) is 5.75 Å². The Morgan fingerprint density at radius 3 is 1.95 bits per heavy atom. The van der Waals surface area contributed by atoms with Crippen LogP contribution in [-0.4, -0.2) is 115 Å². The fourth-order valence-electron chi connectivity index (χ4n) is 8.60. The number of sulfone groups is 2. The van der Waals surface area contributed by atoms with Gasteiger partial charge in [-0.15, -0.1) is 33.6 Å². The molecule has 0 radical (unpaired) electrons. The highest BCUT2D eigenvalue weighted by atomic mass is 35.5. The minimum Gasteiger partial charge on any atom is -0.448 e. The number of hydrogen-bond donors (Lipinski definition) is 3. The zero-order valence-electron chi connectivity index (χ0n) is 38.8. The minimum absolute atomic E-state index is 0.0320. The quantitative estimate of drug-likeness (QED) is 0.135. The van der Waals surface area contributed by atoms with Gasteiger partial charge in [-0.3, -0.25) is 9.59 Å². The van der Waals surface area contributed by atoms with Crippen LogP contribution >= 0.6 is 11.6 Å². The highest BCUT2D eigenvalue weighted by molar-refractivity contribution is 7.92. The second kappa shape index (κ2) is 20.2. The molecule has 3 aliphatic rings. The second-order valence-corrected chi connectivity index (χ2v) is 22.3. The van der Waals surface area contributed by atoms with Gasteiger partial charge in [0.25, 0.3) is 11.8 Å². The predicted octanol–water partition coefficient (Wildman–Crippen LogP) is 5.47. The van der Waals surface area contributed by atoms with Crippen LogP contribution in [0.1, 0.15) is 41.3 Å². The average Bonchev–Trinajstić information content (AvgIpc) is 4.36. The number of carbonyl (C=O) groups excluding carboxylic acids is 3. The lowest BCUT2D eigenvalue weighted by atomic mass is 10.1. The normalized spacial score (nSPS) is 20.8. The molecular weight excluding hydrogens is 1110 g/mol. The van der Waals surface area contributed by atoms with Gasteiger partial charge in [-0.1, -0.05) is 35.9 Å². The number of alkyl halides is 6. The van der Waals surface area contributed by atoms with Gasteiger partial charge in [0.1, 0.15) is 35.3 Å². The summed E-state index contributed by atoms with van der Waals surface area (Å²) in [6.07, 6.45) is -11.2. The van der Waals surface area contributed by atoms with E-state index in [0.717, 1.165) is 40.1 Å². The van der Waals surface area contributed by atoms with Gasteiger partial charge in [-0.2, -0.15) is 13.2 Å². The zero-order chi connectivity index (χ0) is 55.7. The number of amides is 3. The number of likely N-dealkylation sites (tertiary alicyclic amines) is 1. The van der Waals surface area contributed by atoms with Gasteiger partial charge < -0.3 is 50.2 Å². The van der Waals surface area contributed by atoms with E-state index in [4.69, 9.17) is 42.4 Å². The van der Waals surface area contributed by atoms with E-state index in [1.54, 1.807) is 24.3 Å². The molecule has 408 valence electrons. The summed E-state index contributed by atoms with van der Waals surface area (Å²) in [7, 11) is -9.40. The number of aromatic nitrogens is 4. The molecule has 1 saturated heterocycles. The molecule has 5 atom stereocenters. The van der Waals surface area contributed by atoms with Crippen molar-refractivity contribution < 1.29 is 84.7 Å². The third-order valence-corrected chi connectivity index (χ3v) is 16.7. The van der Waals surface area contributed by atoms with Gasteiger partial charge in [-0.05, 0) is 66.1 Å². The molecule has 6 aromatic rings. The van der Waals surface area contributed by atoms with E-state index in [2.05, 4.69) is 25.1 Å². The summed E-state index contributed by atoms with van der Waals surface area (Å²) >= 11 is 6.02. The lowest BCUT2D eigenvalue weighted by molar-refractivity contribution is -0.274. The van der Waals surface area contributed by atoms with Crippen LogP contribution in [0, 0.1) is 11.6 Å². The van der Waals surface area contributed by atoms with Crippen molar-refractivity contribution in [3.8, 4) is 28.7 Å². The standard InChI is InChI=1S/C45H37ClF8N10O11S2/c46-23-5-1-20(2-6-23)15-63-30-11-25(27(47)13-32(30)76(68,69)19-29(55)41(63)65)38-59-58-37(73-38)22-9-10-62(17-22)43(67)72-18-34-35(56)42(66)64(16-21-3-7-24(8-4-21)75-45(52,53)54)31-12-26(28(48)14-33(31)77(34,70)71)39-60-61-40(74-39)36(57)44(49,50)51/h1-8,11-14,22,29,34-36H,9-10,15-19,55-57H2/t22?,29-,34?,35-,36?/m0/s1. The molecule has 9 rings (SSSR count). The fourth-order valence-corrected chi connectivity index (χ4v) is 12.1. The van der Waals surface area contributed by atoms with Gasteiger partial charge in [0.15, 0.2) is 25.7 Å². The smallest absolute Gasteiger partial charge is 0.448 e. The number of carbonyl (C=O) groups is 3. The van der Waals surface area contributed by atoms with Crippen LogP contribution in [0.15, 0.2) is 91.4 Å². The number of benzene rings is 4. The van der Waals surface area contributed by atoms with E-state index in [-0.39, 0.29) is 43.2 Å². The van der Waals surface area contributed by atoms with Gasteiger partial charge in [0, 0.05) is 18.1 Å². The van der Waals surface area contributed by atoms with Crippen molar-refractivity contribution >= 4 is 60.6 Å². The van der Waals surface area contributed by atoms with Crippen molar-refractivity contribution in [2.75, 3.05) is 35.2 Å². The molecule has 4 aromatic carbocycles. The monoisotopic (exact) mass is 1140 g/mol. The van der Waals surface area contributed by atoms with E-state index in [0.29, 0.717) is 33.7 Å². The summed E-state index contributed by atoms with van der Waals surface area (Å²) in [5.41, 5.74) is 15.9. The first-order chi connectivity index (χ1) is 36.1. The molecule has 6 N–H and O–H groups in total. The molecule has 5 heterocycles. The Labute approximate surface area is 433 Å². The highest BCUT2D eigenvalue weighted by Crippen LogP contribution is 2.42. The third kappa shape index (κ3) is 11.0. The molecule has 3 unspecified atom stereocenters. The van der Waals surface area contributed by atoms with Crippen LogP contribution in [0.4, 0.5) is 51.3 Å². The lowest BCUT2D eigenvalue weighted by Crippen LogP contribution is -2.52. The highest BCUT2D eigenvalue weighted by Gasteiger charge is 2.47. The van der Waals surface area contributed by atoms with Crippen molar-refractivity contribution in [1.29, 1.82) is 0 Å². The molecule has 0 bridgehead atoms. The fraction of sp³-hybridized carbons (Fsp3) is 0.311. The Morgan fingerprint density at radius 2 is 1.34 bits per heavy atom. The van der Waals surface area contributed by atoms with Gasteiger partial charge >= 0.3 is 18.6 Å². The number of nitrogens with two attached hydrogens (primary N) is 3. The Morgan fingerprint density at radius 1 is 0.779 bits per heavy atom. The number of hydrogen-bond acceptors (Lipinski definition) is 18. The van der Waals surface area contributed by atoms with E-state index in [1.165, 1.54) is 0 Å². The van der Waals surface area contributed by atoms with Crippen molar-refractivity contribution in [2.45, 2.75) is 71.1 Å². The van der Waals surface area contributed by atoms with E-state index in [9.17, 15) is 57.6 Å². The summed E-state index contributed by atoms with van der Waals surface area (Å²) in [5, 5.41) is 12.8. The van der Waals surface area contributed by atoms with E-state index >= 15 is 8.78 Å². The molecule has 77 heavy (non-hydrogen) atoms. The first-order valence-corrected chi connectivity index (χ1v) is 26.0. The first kappa shape index (κ1) is 54.5. The summed E-state index contributed by atoms with van der Waals surface area (Å²) < 4.78 is 187. The first-order valence-electron chi connectivity index (χ1n) is 22.4. The summed E-state index contributed by atoms with van der Waals surface area (Å²) in [6, 6.07) is 6.57. The van der Waals surface area contributed by atoms with Gasteiger partial charge in [-0.25, -0.2) is 30.4 Å². The van der Waals surface area contributed by atoms with Crippen molar-refractivity contribution in [3.63, 3.8) is 0 Å². The van der Waals surface area contributed by atoms with Crippen molar-refractivity contribution in [3.05, 3.63) is 112 Å². The second-order valence-electron chi connectivity index (χ2n) is 17.7. The molecule has 3 amide bonds. The maximum absolute atomic E-state index is 16.0. The molecule has 0 aliphatic carbocycles. The van der Waals surface area contributed by atoms with E-state index in [1.807, 2.05) is 0 Å². The number of anilines is 2. The molecular formula is C45H37ClF8N10O11S2. The number of ether oxygens (including phenoxy) is 2. The number of rotatable bonds is 11. The lowest BCUT2D eigenvalue weighted by Gasteiger charge is -2.26. The summed E-state index contributed by atoms with van der Waals surface area (Å²) in [4.78, 5) is 42.9. The Balaban J connectivity index is 0.954. The number of nitrogens with zero attached hydrogens (tertiary/aromatic N) is 7. The molecule has 32 heteroatoms. The van der Waals surface area contributed by atoms with Crippen molar-refractivity contribution in [2.24, 2.45) is 17.2 Å². The van der Waals surface area contributed by atoms with Gasteiger partial charge in [0.05, 0.1) is 63.1 Å². The zero-order valence-corrected chi connectivity index (χ0v) is 41.2. The molecule has 0 spiro atoms. The maximum Gasteiger partial charge on any atom is 0.573 e. The molecule has 1 fully saturated rings. The Bertz CT molecular complexity index is 3530. The Kier molecular flexibility index (Phi) is 14.3. The minimum atomic E-state index is -5.09. The van der Waals surface area contributed by atoms with Crippen LogP contribution in [-0.2, 0) is 47.1 Å². The largest absolute Gasteiger partial charge is 0.573 e. The third-order valence-electron chi connectivity index (χ3n) is 12.5. The molecule has 21 nitrogen and oxygen atoms in total. The van der Waals surface area contributed by atoms with Crippen LogP contribution in [0.3, 0.4) is 0 Å². The Hall–Kier alpha value is -7.32. The van der Waals surface area contributed by atoms with Gasteiger partial charge in [0.2, 0.25) is 23.6 Å².